The Kier molecular flexibility index (Phi) is 16.9. The smallest absolute Gasteiger partial charge is 0.326 e. The lowest BCUT2D eigenvalue weighted by atomic mass is 9.99. The fraction of sp³-hybridized carbons (Fsp3) is 0.545. The molecule has 0 aliphatic heterocycles. The maximum atomic E-state index is 13.5. The molecule has 16 heteroatoms. The first kappa shape index (κ1) is 40.3. The number of H-pyrrole nitrogens is 1. The van der Waals surface area contributed by atoms with E-state index in [1.165, 1.54) is 12.5 Å². The van der Waals surface area contributed by atoms with Gasteiger partial charge in [-0.25, -0.2) is 9.78 Å². The Balaban J connectivity index is 2.11. The normalized spacial score (nSPS) is 14.2. The van der Waals surface area contributed by atoms with E-state index in [0.717, 1.165) is 5.56 Å². The van der Waals surface area contributed by atoms with Gasteiger partial charge >= 0.3 is 5.97 Å². The number of imidazole rings is 1. The number of carbonyl (C=O) groups is 6. The SMILES string of the molecule is CC(C)C(NC(=O)C(Cc1ccccc1)NC(=O)C(NC(=O)CNC(=O)C(Cc1cnc[nH]1)NC(=O)C(N)CCCCN)C(C)C)C(=O)O. The molecule has 0 fully saturated rings. The second-order valence-electron chi connectivity index (χ2n) is 12.6. The molecule has 0 saturated carbocycles. The van der Waals surface area contributed by atoms with Crippen molar-refractivity contribution in [2.45, 2.75) is 90.0 Å². The Morgan fingerprint density at radius 2 is 1.43 bits per heavy atom. The Morgan fingerprint density at radius 3 is 2.00 bits per heavy atom. The van der Waals surface area contributed by atoms with Crippen LogP contribution in [-0.4, -0.2) is 93.9 Å². The van der Waals surface area contributed by atoms with Crippen LogP contribution in [0.4, 0.5) is 0 Å². The largest absolute Gasteiger partial charge is 0.480 e. The summed E-state index contributed by atoms with van der Waals surface area (Å²) in [6, 6.07) is 3.51. The fourth-order valence-electron chi connectivity index (χ4n) is 4.88. The van der Waals surface area contributed by atoms with Crippen molar-refractivity contribution in [1.82, 2.24) is 36.6 Å². The third-order valence-electron chi connectivity index (χ3n) is 7.75. The minimum Gasteiger partial charge on any atom is -0.480 e. The van der Waals surface area contributed by atoms with Crippen molar-refractivity contribution in [3.63, 3.8) is 0 Å². The average molecular weight is 686 g/mol. The van der Waals surface area contributed by atoms with Gasteiger partial charge in [0.1, 0.15) is 24.2 Å². The molecule has 1 aromatic heterocycles. The molecule has 16 nitrogen and oxygen atoms in total. The third-order valence-corrected chi connectivity index (χ3v) is 7.75. The summed E-state index contributed by atoms with van der Waals surface area (Å²) in [5, 5.41) is 22.5. The summed E-state index contributed by atoms with van der Waals surface area (Å²) in [6.45, 7) is 6.65. The van der Waals surface area contributed by atoms with Crippen LogP contribution in [0.1, 0.15) is 58.2 Å². The quantitative estimate of drug-likeness (QED) is 0.0732. The molecule has 0 aliphatic carbocycles. The predicted octanol–water partition coefficient (Wildman–Crippen LogP) is -0.897. The number of unbranched alkanes of at least 4 members (excludes halogenated alkanes) is 1. The van der Waals surface area contributed by atoms with Crippen LogP contribution in [0.5, 0.6) is 0 Å². The van der Waals surface area contributed by atoms with Gasteiger partial charge in [-0.15, -0.1) is 0 Å². The Labute approximate surface area is 286 Å². The topological polar surface area (TPSA) is 264 Å². The van der Waals surface area contributed by atoms with Crippen LogP contribution in [0.25, 0.3) is 0 Å². The van der Waals surface area contributed by atoms with Gasteiger partial charge in [-0.1, -0.05) is 64.4 Å². The average Bonchev–Trinajstić information content (AvgIpc) is 3.57. The number of hydrogen-bond donors (Lipinski definition) is 9. The van der Waals surface area contributed by atoms with Gasteiger partial charge < -0.3 is 48.1 Å². The van der Waals surface area contributed by atoms with Gasteiger partial charge in [0.25, 0.3) is 0 Å². The summed E-state index contributed by atoms with van der Waals surface area (Å²) in [6.07, 6.45) is 4.78. The van der Waals surface area contributed by atoms with Crippen LogP contribution >= 0.6 is 0 Å². The van der Waals surface area contributed by atoms with Crippen molar-refractivity contribution in [3.05, 3.63) is 54.1 Å². The number of carbonyl (C=O) groups excluding carboxylic acids is 5. The number of amides is 5. The van der Waals surface area contributed by atoms with Gasteiger partial charge in [0.05, 0.1) is 18.9 Å². The van der Waals surface area contributed by atoms with Crippen molar-refractivity contribution in [2.24, 2.45) is 23.3 Å². The zero-order valence-corrected chi connectivity index (χ0v) is 28.5. The first-order chi connectivity index (χ1) is 23.2. The number of nitrogens with zero attached hydrogens (tertiary/aromatic N) is 1. The molecule has 0 spiro atoms. The molecule has 1 heterocycles. The molecular weight excluding hydrogens is 634 g/mol. The molecule has 5 amide bonds. The van der Waals surface area contributed by atoms with Crippen LogP contribution in [0, 0.1) is 11.8 Å². The van der Waals surface area contributed by atoms with Gasteiger partial charge in [0.15, 0.2) is 0 Å². The highest BCUT2D eigenvalue weighted by molar-refractivity contribution is 5.95. The van der Waals surface area contributed by atoms with Gasteiger partial charge in [-0.2, -0.15) is 0 Å². The number of carboxylic acid groups (broad SMARTS) is 1. The maximum Gasteiger partial charge on any atom is 0.326 e. The molecule has 2 rings (SSSR count). The van der Waals surface area contributed by atoms with Crippen LogP contribution < -0.4 is 38.1 Å². The summed E-state index contributed by atoms with van der Waals surface area (Å²) >= 11 is 0. The number of aliphatic carboxylic acids is 1. The highest BCUT2D eigenvalue weighted by Crippen LogP contribution is 2.09. The van der Waals surface area contributed by atoms with Crippen molar-refractivity contribution in [3.8, 4) is 0 Å². The van der Waals surface area contributed by atoms with Gasteiger partial charge in [-0.3, -0.25) is 24.0 Å². The van der Waals surface area contributed by atoms with E-state index in [1.807, 2.05) is 0 Å². The van der Waals surface area contributed by atoms with Crippen molar-refractivity contribution >= 4 is 35.5 Å². The molecule has 0 aliphatic rings. The number of carboxylic acids is 1. The number of rotatable bonds is 21. The van der Waals surface area contributed by atoms with Crippen molar-refractivity contribution in [2.75, 3.05) is 13.1 Å². The zero-order chi connectivity index (χ0) is 36.5. The molecule has 1 aromatic carbocycles. The summed E-state index contributed by atoms with van der Waals surface area (Å²) in [5.41, 5.74) is 12.8. The summed E-state index contributed by atoms with van der Waals surface area (Å²) in [4.78, 5) is 84.2. The minimum atomic E-state index is -1.21. The second kappa shape index (κ2) is 20.5. The lowest BCUT2D eigenvalue weighted by Gasteiger charge is -2.27. The summed E-state index contributed by atoms with van der Waals surface area (Å²) in [5.74, 6) is -5.31. The van der Waals surface area contributed by atoms with Crippen LogP contribution in [0.3, 0.4) is 0 Å². The van der Waals surface area contributed by atoms with Gasteiger partial charge in [0, 0.05) is 24.7 Å². The molecule has 2 aromatic rings. The van der Waals surface area contributed by atoms with E-state index in [4.69, 9.17) is 11.5 Å². The number of aromatic amines is 1. The molecule has 270 valence electrons. The molecular formula is C33H51N9O7. The van der Waals surface area contributed by atoms with Crippen LogP contribution in [0.15, 0.2) is 42.9 Å². The van der Waals surface area contributed by atoms with E-state index in [1.54, 1.807) is 58.0 Å². The summed E-state index contributed by atoms with van der Waals surface area (Å²) in [7, 11) is 0. The Morgan fingerprint density at radius 1 is 0.796 bits per heavy atom. The summed E-state index contributed by atoms with van der Waals surface area (Å²) < 4.78 is 0. The lowest BCUT2D eigenvalue weighted by Crippen LogP contribution is -2.59. The first-order valence-electron chi connectivity index (χ1n) is 16.4. The molecule has 0 radical (unpaired) electrons. The molecule has 5 unspecified atom stereocenters. The van der Waals surface area contributed by atoms with Crippen molar-refractivity contribution < 1.29 is 33.9 Å². The highest BCUT2D eigenvalue weighted by Gasteiger charge is 2.32. The van der Waals surface area contributed by atoms with E-state index in [9.17, 15) is 33.9 Å². The molecule has 11 N–H and O–H groups in total. The number of hydrogen-bond acceptors (Lipinski definition) is 9. The van der Waals surface area contributed by atoms with E-state index < -0.39 is 84.1 Å². The van der Waals surface area contributed by atoms with Gasteiger partial charge in [-0.05, 0) is 36.8 Å². The van der Waals surface area contributed by atoms with E-state index in [0.29, 0.717) is 31.5 Å². The number of aromatic nitrogens is 2. The maximum absolute atomic E-state index is 13.5. The monoisotopic (exact) mass is 685 g/mol. The second-order valence-corrected chi connectivity index (χ2v) is 12.6. The minimum absolute atomic E-state index is 0.0517. The van der Waals surface area contributed by atoms with Crippen LogP contribution in [-0.2, 0) is 41.6 Å². The van der Waals surface area contributed by atoms with Gasteiger partial charge in [0.2, 0.25) is 29.5 Å². The molecule has 49 heavy (non-hydrogen) atoms. The van der Waals surface area contributed by atoms with E-state index >= 15 is 0 Å². The van der Waals surface area contributed by atoms with Crippen LogP contribution in [0.2, 0.25) is 0 Å². The predicted molar refractivity (Wildman–Crippen MR) is 181 cm³/mol. The molecule has 0 bridgehead atoms. The van der Waals surface area contributed by atoms with Crippen molar-refractivity contribution in [1.29, 1.82) is 0 Å². The zero-order valence-electron chi connectivity index (χ0n) is 28.5. The number of benzene rings is 1. The van der Waals surface area contributed by atoms with E-state index in [2.05, 4.69) is 36.6 Å². The molecule has 5 atom stereocenters. The highest BCUT2D eigenvalue weighted by atomic mass is 16.4. The first-order valence-corrected chi connectivity index (χ1v) is 16.4. The number of nitrogens with one attached hydrogen (secondary N) is 6. The Bertz CT molecular complexity index is 1370. The molecule has 0 saturated heterocycles. The Hall–Kier alpha value is -4.83. The third kappa shape index (κ3) is 14.0. The lowest BCUT2D eigenvalue weighted by molar-refractivity contribution is -0.143. The van der Waals surface area contributed by atoms with E-state index in [-0.39, 0.29) is 12.8 Å². The number of nitrogens with two attached hydrogens (primary N) is 2. The standard InChI is InChI=1S/C33H51N9O7/c1-19(2)27(32(47)40-24(14-21-10-6-5-7-11-21)31(46)42-28(20(3)4)33(48)49)41-26(43)17-37-30(45)25(15-22-16-36-18-38-22)39-29(44)23(35)12-8-9-13-34/h5-7,10-11,16,18-20,23-25,27-28H,8-9,12-15,17,34-35H2,1-4H3,(H,36,38)(H,37,45)(H,39,44)(H,40,47)(H,41,43)(H,42,46)(H,48,49). The fourth-order valence-corrected chi connectivity index (χ4v) is 4.88.